The van der Waals surface area contributed by atoms with Crippen LogP contribution < -0.4 is 16.0 Å². The fourth-order valence-corrected chi connectivity index (χ4v) is 2.93. The molecule has 26 heavy (non-hydrogen) atoms. The second-order valence-electron chi connectivity index (χ2n) is 6.22. The van der Waals surface area contributed by atoms with E-state index in [1.807, 2.05) is 63.2 Å². The molecule has 3 N–H and O–H groups in total. The van der Waals surface area contributed by atoms with E-state index in [1.54, 1.807) is 17.8 Å². The zero-order valence-corrected chi connectivity index (χ0v) is 16.2. The Hall–Kier alpha value is -2.47. The lowest BCUT2D eigenvalue weighted by Crippen LogP contribution is -2.30. The highest BCUT2D eigenvalue weighted by Crippen LogP contribution is 2.21. The van der Waals surface area contributed by atoms with Crippen LogP contribution >= 0.6 is 11.8 Å². The molecule has 0 aromatic heterocycles. The molecule has 0 heterocycles. The molecule has 0 saturated heterocycles. The van der Waals surface area contributed by atoms with Crippen molar-refractivity contribution in [2.75, 3.05) is 22.9 Å². The number of urea groups is 1. The van der Waals surface area contributed by atoms with Gasteiger partial charge in [0.2, 0.25) is 5.91 Å². The average molecular weight is 372 g/mol. The van der Waals surface area contributed by atoms with Crippen LogP contribution in [0.5, 0.6) is 0 Å². The molecule has 6 heteroatoms. The van der Waals surface area contributed by atoms with Crippen molar-refractivity contribution in [3.8, 4) is 0 Å². The summed E-state index contributed by atoms with van der Waals surface area (Å²) in [5.74, 6) is 0.640. The Balaban J connectivity index is 1.83. The lowest BCUT2D eigenvalue weighted by atomic mass is 10.1. The van der Waals surface area contributed by atoms with E-state index < -0.39 is 0 Å². The Bertz CT molecular complexity index is 748. The molecule has 0 bridgehead atoms. The molecule has 0 aliphatic rings. The number of nitrogens with one attached hydrogen (secondary N) is 3. The molecule has 0 fully saturated rings. The van der Waals surface area contributed by atoms with Crippen molar-refractivity contribution in [1.82, 2.24) is 5.32 Å². The van der Waals surface area contributed by atoms with E-state index in [4.69, 9.17) is 0 Å². The summed E-state index contributed by atoms with van der Waals surface area (Å²) in [6.45, 7) is 6.15. The van der Waals surface area contributed by atoms with Gasteiger partial charge >= 0.3 is 6.03 Å². The quantitative estimate of drug-likeness (QED) is 0.496. The molecule has 0 saturated carbocycles. The van der Waals surface area contributed by atoms with Gasteiger partial charge < -0.3 is 16.0 Å². The van der Waals surface area contributed by atoms with Gasteiger partial charge in [0.15, 0.2) is 0 Å². The smallest absolute Gasteiger partial charge is 0.319 e. The molecule has 2 aromatic rings. The number of benzene rings is 2. The number of hydrogen-bond acceptors (Lipinski definition) is 3. The van der Waals surface area contributed by atoms with Gasteiger partial charge in [0.05, 0.1) is 0 Å². The summed E-state index contributed by atoms with van der Waals surface area (Å²) < 4.78 is 0. The average Bonchev–Trinajstić information content (AvgIpc) is 2.62. The Morgan fingerprint density at radius 3 is 2.46 bits per heavy atom. The number of carbonyl (C=O) groups excluding carboxylic acids is 2. The highest BCUT2D eigenvalue weighted by atomic mass is 32.2. The van der Waals surface area contributed by atoms with E-state index in [9.17, 15) is 9.59 Å². The van der Waals surface area contributed by atoms with Gasteiger partial charge in [-0.05, 0) is 36.8 Å². The van der Waals surface area contributed by atoms with Crippen LogP contribution in [0.4, 0.5) is 16.2 Å². The van der Waals surface area contributed by atoms with Crippen molar-refractivity contribution in [3.63, 3.8) is 0 Å². The molecule has 0 aliphatic heterocycles. The van der Waals surface area contributed by atoms with E-state index in [1.165, 1.54) is 4.90 Å². The van der Waals surface area contributed by atoms with Crippen LogP contribution in [-0.4, -0.2) is 24.2 Å². The Kier molecular flexibility index (Phi) is 7.53. The van der Waals surface area contributed by atoms with Crippen molar-refractivity contribution in [1.29, 1.82) is 0 Å². The minimum absolute atomic E-state index is 0.0535. The number of rotatable bonds is 7. The molecule has 0 atom stereocenters. The van der Waals surface area contributed by atoms with E-state index in [0.717, 1.165) is 11.3 Å². The molecular formula is C20H25N3O2S. The van der Waals surface area contributed by atoms with Crippen LogP contribution in [0.25, 0.3) is 0 Å². The van der Waals surface area contributed by atoms with Gasteiger partial charge in [0, 0.05) is 34.5 Å². The maximum atomic E-state index is 12.1. The third-order valence-electron chi connectivity index (χ3n) is 3.68. The number of thioether (sulfide) groups is 1. The van der Waals surface area contributed by atoms with Gasteiger partial charge in [-0.3, -0.25) is 4.79 Å². The maximum Gasteiger partial charge on any atom is 0.319 e. The van der Waals surface area contributed by atoms with Crippen LogP contribution in [0.3, 0.4) is 0 Å². The van der Waals surface area contributed by atoms with Crippen molar-refractivity contribution >= 4 is 35.1 Å². The predicted octanol–water partition coefficient (Wildman–Crippen LogP) is 4.50. The Labute approximate surface area is 159 Å². The van der Waals surface area contributed by atoms with Gasteiger partial charge in [-0.1, -0.05) is 38.1 Å². The first-order valence-electron chi connectivity index (χ1n) is 8.60. The summed E-state index contributed by atoms with van der Waals surface area (Å²) in [6.07, 6.45) is 0. The molecule has 0 spiro atoms. The summed E-state index contributed by atoms with van der Waals surface area (Å²) in [5, 5.41) is 8.53. The first-order valence-corrected chi connectivity index (χ1v) is 9.58. The fourth-order valence-electron chi connectivity index (χ4n) is 2.14. The second kappa shape index (κ2) is 9.87. The summed E-state index contributed by atoms with van der Waals surface area (Å²) >= 11 is 1.69. The zero-order chi connectivity index (χ0) is 18.9. The van der Waals surface area contributed by atoms with Gasteiger partial charge in [-0.25, -0.2) is 4.79 Å². The molecule has 0 radical (unpaired) electrons. The Morgan fingerprint density at radius 1 is 1.04 bits per heavy atom. The maximum absolute atomic E-state index is 12.1. The summed E-state index contributed by atoms with van der Waals surface area (Å²) in [5.41, 5.74) is 2.28. The van der Waals surface area contributed by atoms with Gasteiger partial charge in [-0.15, -0.1) is 11.8 Å². The Morgan fingerprint density at radius 2 is 1.77 bits per heavy atom. The fraction of sp³-hybridized carbons (Fsp3) is 0.300. The predicted molar refractivity (Wildman–Crippen MR) is 109 cm³/mol. The van der Waals surface area contributed by atoms with Gasteiger partial charge in [0.25, 0.3) is 0 Å². The standard InChI is InChI=1S/C20H25N3O2S/c1-14(2)19(24)22-16-10-9-15(3)18(13-16)23-20(25)21-11-12-26-17-7-5-4-6-8-17/h4-10,13-14H,11-12H2,1-3H3,(H,22,24)(H2,21,23,25). The SMILES string of the molecule is Cc1ccc(NC(=O)C(C)C)cc1NC(=O)NCCSc1ccccc1. The number of carbonyl (C=O) groups is 2. The summed E-state index contributed by atoms with van der Waals surface area (Å²) in [7, 11) is 0. The van der Waals surface area contributed by atoms with Gasteiger partial charge in [-0.2, -0.15) is 0 Å². The van der Waals surface area contributed by atoms with E-state index in [0.29, 0.717) is 17.9 Å². The molecular weight excluding hydrogens is 346 g/mol. The van der Waals surface area contributed by atoms with Crippen LogP contribution in [0.1, 0.15) is 19.4 Å². The minimum atomic E-state index is -0.255. The van der Waals surface area contributed by atoms with E-state index in [2.05, 4.69) is 16.0 Å². The van der Waals surface area contributed by atoms with E-state index in [-0.39, 0.29) is 17.9 Å². The number of aryl methyl sites for hydroxylation is 1. The number of hydrogen-bond donors (Lipinski definition) is 3. The highest BCUT2D eigenvalue weighted by molar-refractivity contribution is 7.99. The molecule has 0 unspecified atom stereocenters. The van der Waals surface area contributed by atoms with Crippen LogP contribution in [-0.2, 0) is 4.79 Å². The molecule has 0 aliphatic carbocycles. The second-order valence-corrected chi connectivity index (χ2v) is 7.38. The van der Waals surface area contributed by atoms with Crippen molar-refractivity contribution in [2.45, 2.75) is 25.7 Å². The van der Waals surface area contributed by atoms with Crippen LogP contribution in [0.2, 0.25) is 0 Å². The lowest BCUT2D eigenvalue weighted by Gasteiger charge is -2.13. The van der Waals surface area contributed by atoms with E-state index >= 15 is 0 Å². The van der Waals surface area contributed by atoms with Crippen molar-refractivity contribution in [2.24, 2.45) is 5.92 Å². The summed E-state index contributed by atoms with van der Waals surface area (Å²) in [4.78, 5) is 25.1. The lowest BCUT2D eigenvalue weighted by molar-refractivity contribution is -0.118. The molecule has 5 nitrogen and oxygen atoms in total. The molecule has 2 rings (SSSR count). The van der Waals surface area contributed by atoms with Crippen molar-refractivity contribution < 1.29 is 9.59 Å². The van der Waals surface area contributed by atoms with Crippen LogP contribution in [0.15, 0.2) is 53.4 Å². The normalized spacial score (nSPS) is 10.5. The van der Waals surface area contributed by atoms with Crippen molar-refractivity contribution in [3.05, 3.63) is 54.1 Å². The largest absolute Gasteiger partial charge is 0.337 e. The molecule has 2 aromatic carbocycles. The minimum Gasteiger partial charge on any atom is -0.337 e. The number of anilines is 2. The van der Waals surface area contributed by atoms with Gasteiger partial charge in [0.1, 0.15) is 0 Å². The first kappa shape index (κ1) is 19.8. The monoisotopic (exact) mass is 371 g/mol. The number of amides is 3. The molecule has 3 amide bonds. The summed E-state index contributed by atoms with van der Waals surface area (Å²) in [6, 6.07) is 15.3. The third-order valence-corrected chi connectivity index (χ3v) is 4.69. The first-order chi connectivity index (χ1) is 12.5. The van der Waals surface area contributed by atoms with Crippen LogP contribution in [0, 0.1) is 12.8 Å². The zero-order valence-electron chi connectivity index (χ0n) is 15.3. The topological polar surface area (TPSA) is 70.2 Å². The third kappa shape index (κ3) is 6.44. The highest BCUT2D eigenvalue weighted by Gasteiger charge is 2.09. The molecule has 138 valence electrons.